The van der Waals surface area contributed by atoms with Gasteiger partial charge >= 0.3 is 0 Å². The molecule has 2 rings (SSSR count). The minimum Gasteiger partial charge on any atom is -0.303 e. The molecule has 0 N–H and O–H groups in total. The molecule has 1 fully saturated rings. The molecule has 0 aliphatic carbocycles. The van der Waals surface area contributed by atoms with Gasteiger partial charge in [-0.15, -0.1) is 6.58 Å². The van der Waals surface area contributed by atoms with Gasteiger partial charge in [-0.05, 0) is 18.9 Å². The van der Waals surface area contributed by atoms with Gasteiger partial charge in [0, 0.05) is 18.5 Å². The van der Waals surface area contributed by atoms with Crippen molar-refractivity contribution in [1.82, 2.24) is 4.90 Å². The highest BCUT2D eigenvalue weighted by Crippen LogP contribution is 2.31. The summed E-state index contributed by atoms with van der Waals surface area (Å²) in [4.78, 5) is 25.0. The molecule has 0 amide bonds. The van der Waals surface area contributed by atoms with Crippen LogP contribution in [0.1, 0.15) is 18.9 Å². The zero-order valence-electron chi connectivity index (χ0n) is 11.2. The number of ketones is 1. The molecule has 19 heavy (non-hydrogen) atoms. The fourth-order valence-corrected chi connectivity index (χ4v) is 2.84. The van der Waals surface area contributed by atoms with Crippen molar-refractivity contribution in [3.8, 4) is 0 Å². The molecule has 1 aliphatic heterocycles. The molecule has 0 saturated carbocycles. The molecule has 0 spiro atoms. The van der Waals surface area contributed by atoms with Crippen molar-refractivity contribution >= 4 is 12.1 Å². The molecule has 0 bridgehead atoms. The predicted octanol–water partition coefficient (Wildman–Crippen LogP) is 2.22. The lowest BCUT2D eigenvalue weighted by atomic mass is 10.00. The Morgan fingerprint density at radius 1 is 1.42 bits per heavy atom. The Morgan fingerprint density at radius 3 is 2.63 bits per heavy atom. The van der Waals surface area contributed by atoms with E-state index in [1.165, 1.54) is 0 Å². The molecule has 0 aromatic heterocycles. The number of aldehydes is 1. The SMILES string of the molecule is C=C[C@H]1C(C=O)C[C@H](C(C)=O)N1Cc1ccccc1. The van der Waals surface area contributed by atoms with E-state index in [-0.39, 0.29) is 23.8 Å². The van der Waals surface area contributed by atoms with Gasteiger partial charge < -0.3 is 4.79 Å². The largest absolute Gasteiger partial charge is 0.303 e. The number of benzene rings is 1. The summed E-state index contributed by atoms with van der Waals surface area (Å²) in [5.74, 6) is -0.0118. The standard InChI is InChI=1S/C16H19NO2/c1-3-15-14(11-18)9-16(12(2)19)17(15)10-13-7-5-4-6-8-13/h3-8,11,14-16H,1,9-10H2,2H3/t14?,15-,16+/m0/s1. The molecule has 3 heteroatoms. The smallest absolute Gasteiger partial charge is 0.146 e. The van der Waals surface area contributed by atoms with E-state index in [0.717, 1.165) is 11.8 Å². The zero-order valence-corrected chi connectivity index (χ0v) is 11.2. The number of rotatable bonds is 5. The zero-order chi connectivity index (χ0) is 13.8. The molecule has 3 atom stereocenters. The van der Waals surface area contributed by atoms with Crippen molar-refractivity contribution in [2.45, 2.75) is 32.0 Å². The van der Waals surface area contributed by atoms with Crippen molar-refractivity contribution < 1.29 is 9.59 Å². The summed E-state index contributed by atoms with van der Waals surface area (Å²) in [5, 5.41) is 0. The molecule has 1 heterocycles. The summed E-state index contributed by atoms with van der Waals surface area (Å²) < 4.78 is 0. The number of Topliss-reactive ketones (excluding diaryl/α,β-unsaturated/α-hetero) is 1. The van der Waals surface area contributed by atoms with Crippen LogP contribution in [0.4, 0.5) is 0 Å². The van der Waals surface area contributed by atoms with Crippen LogP contribution < -0.4 is 0 Å². The minimum atomic E-state index is -0.182. The van der Waals surface area contributed by atoms with Crippen LogP contribution in [-0.4, -0.2) is 29.1 Å². The molecule has 1 aromatic carbocycles. The van der Waals surface area contributed by atoms with Gasteiger partial charge in [0.15, 0.2) is 0 Å². The maximum absolute atomic E-state index is 11.8. The molecule has 100 valence electrons. The van der Waals surface area contributed by atoms with Gasteiger partial charge in [-0.25, -0.2) is 0 Å². The first-order chi connectivity index (χ1) is 9.17. The summed E-state index contributed by atoms with van der Waals surface area (Å²) in [6, 6.07) is 9.76. The maximum atomic E-state index is 11.8. The number of hydrogen-bond donors (Lipinski definition) is 0. The van der Waals surface area contributed by atoms with E-state index in [4.69, 9.17) is 0 Å². The van der Waals surface area contributed by atoms with Crippen LogP contribution >= 0.6 is 0 Å². The third-order valence-electron chi connectivity index (χ3n) is 3.81. The van der Waals surface area contributed by atoms with Crippen LogP contribution in [0.5, 0.6) is 0 Å². The molecule has 3 nitrogen and oxygen atoms in total. The first kappa shape index (κ1) is 13.7. The van der Waals surface area contributed by atoms with E-state index in [1.54, 1.807) is 13.0 Å². The number of carbonyl (C=O) groups is 2. The first-order valence-corrected chi connectivity index (χ1v) is 6.55. The van der Waals surface area contributed by atoms with Crippen LogP contribution in [0, 0.1) is 5.92 Å². The first-order valence-electron chi connectivity index (χ1n) is 6.55. The van der Waals surface area contributed by atoms with Gasteiger partial charge in [0.1, 0.15) is 12.1 Å². The third-order valence-corrected chi connectivity index (χ3v) is 3.81. The molecular weight excluding hydrogens is 238 g/mol. The second kappa shape index (κ2) is 5.93. The molecule has 1 aliphatic rings. The summed E-state index contributed by atoms with van der Waals surface area (Å²) in [6.07, 6.45) is 3.33. The van der Waals surface area contributed by atoms with E-state index in [1.807, 2.05) is 30.3 Å². The summed E-state index contributed by atoms with van der Waals surface area (Å²) in [6.45, 7) is 6.08. The summed E-state index contributed by atoms with van der Waals surface area (Å²) in [5.41, 5.74) is 1.15. The maximum Gasteiger partial charge on any atom is 0.146 e. The van der Waals surface area contributed by atoms with Crippen molar-refractivity contribution in [3.63, 3.8) is 0 Å². The Kier molecular flexibility index (Phi) is 4.27. The van der Waals surface area contributed by atoms with Crippen molar-refractivity contribution in [3.05, 3.63) is 48.6 Å². The number of carbonyl (C=O) groups excluding carboxylic acids is 2. The van der Waals surface area contributed by atoms with Crippen LogP contribution in [0.2, 0.25) is 0 Å². The van der Waals surface area contributed by atoms with Crippen LogP contribution in [-0.2, 0) is 16.1 Å². The topological polar surface area (TPSA) is 37.4 Å². The normalized spacial score (nSPS) is 27.1. The second-order valence-corrected chi connectivity index (χ2v) is 5.05. The van der Waals surface area contributed by atoms with E-state index < -0.39 is 0 Å². The van der Waals surface area contributed by atoms with Crippen molar-refractivity contribution in [1.29, 1.82) is 0 Å². The number of likely N-dealkylation sites (tertiary alicyclic amines) is 1. The Balaban J connectivity index is 2.24. The molecular formula is C16H19NO2. The monoisotopic (exact) mass is 257 g/mol. The molecule has 0 radical (unpaired) electrons. The molecule has 1 saturated heterocycles. The Bertz CT molecular complexity index is 469. The predicted molar refractivity (Wildman–Crippen MR) is 74.6 cm³/mol. The van der Waals surface area contributed by atoms with Crippen LogP contribution in [0.15, 0.2) is 43.0 Å². The van der Waals surface area contributed by atoms with Crippen molar-refractivity contribution in [2.24, 2.45) is 5.92 Å². The fourth-order valence-electron chi connectivity index (χ4n) is 2.84. The van der Waals surface area contributed by atoms with Gasteiger partial charge in [0.2, 0.25) is 0 Å². The molecule has 1 aromatic rings. The number of nitrogens with zero attached hydrogens (tertiary/aromatic N) is 1. The van der Waals surface area contributed by atoms with Crippen molar-refractivity contribution in [2.75, 3.05) is 0 Å². The van der Waals surface area contributed by atoms with E-state index in [2.05, 4.69) is 11.5 Å². The highest BCUT2D eigenvalue weighted by atomic mass is 16.1. The lowest BCUT2D eigenvalue weighted by Gasteiger charge is -2.27. The van der Waals surface area contributed by atoms with Gasteiger partial charge in [0.25, 0.3) is 0 Å². The van der Waals surface area contributed by atoms with E-state index in [9.17, 15) is 9.59 Å². The summed E-state index contributed by atoms with van der Waals surface area (Å²) >= 11 is 0. The molecule has 1 unspecified atom stereocenters. The van der Waals surface area contributed by atoms with Crippen LogP contribution in [0.3, 0.4) is 0 Å². The minimum absolute atomic E-state index is 0.0494. The third kappa shape index (κ3) is 2.82. The summed E-state index contributed by atoms with van der Waals surface area (Å²) in [7, 11) is 0. The fraction of sp³-hybridized carbons (Fsp3) is 0.375. The lowest BCUT2D eigenvalue weighted by Crippen LogP contribution is -2.39. The number of hydrogen-bond acceptors (Lipinski definition) is 3. The Morgan fingerprint density at radius 2 is 2.11 bits per heavy atom. The highest BCUT2D eigenvalue weighted by Gasteiger charge is 2.41. The van der Waals surface area contributed by atoms with Gasteiger partial charge in [-0.1, -0.05) is 36.4 Å². The van der Waals surface area contributed by atoms with Crippen LogP contribution in [0.25, 0.3) is 0 Å². The Hall–Kier alpha value is -1.74. The quantitative estimate of drug-likeness (QED) is 0.599. The average molecular weight is 257 g/mol. The Labute approximate surface area is 113 Å². The van der Waals surface area contributed by atoms with Gasteiger partial charge in [-0.3, -0.25) is 9.69 Å². The van der Waals surface area contributed by atoms with E-state index >= 15 is 0 Å². The highest BCUT2D eigenvalue weighted by molar-refractivity contribution is 5.82. The van der Waals surface area contributed by atoms with Gasteiger partial charge in [-0.2, -0.15) is 0 Å². The average Bonchev–Trinajstić information content (AvgIpc) is 2.77. The second-order valence-electron chi connectivity index (χ2n) is 5.05. The van der Waals surface area contributed by atoms with Gasteiger partial charge in [0.05, 0.1) is 6.04 Å². The van der Waals surface area contributed by atoms with E-state index in [0.29, 0.717) is 13.0 Å². The lowest BCUT2D eigenvalue weighted by molar-refractivity contribution is -0.121.